The number of anilines is 1. The van der Waals surface area contributed by atoms with Gasteiger partial charge in [0.2, 0.25) is 0 Å². The number of rotatable bonds is 6. The molecule has 0 bridgehead atoms. The van der Waals surface area contributed by atoms with Gasteiger partial charge in [-0.25, -0.2) is 0 Å². The highest BCUT2D eigenvalue weighted by atomic mass is 127. The number of para-hydroxylation sites is 2. The first-order valence-corrected chi connectivity index (χ1v) is 10.3. The number of halogens is 1. The number of ether oxygens (including phenoxy) is 1. The number of carbonyl (C=O) groups is 1. The first-order chi connectivity index (χ1) is 14.7. The second kappa shape index (κ2) is 11.3. The van der Waals surface area contributed by atoms with Crippen LogP contribution >= 0.6 is 24.0 Å². The number of hydrogen-bond acceptors (Lipinski definition) is 6. The minimum atomic E-state index is 0. The van der Waals surface area contributed by atoms with Crippen LogP contribution in [-0.2, 0) is 11.3 Å². The Bertz CT molecular complexity index is 868. The Balaban J connectivity index is 0.00000272. The molecule has 2 aliphatic heterocycles. The molecule has 1 aromatic heterocycles. The maximum absolute atomic E-state index is 12.3. The molecule has 1 N–H and O–H groups in total. The van der Waals surface area contributed by atoms with Crippen molar-refractivity contribution >= 4 is 41.5 Å². The Morgan fingerprint density at radius 1 is 1.19 bits per heavy atom. The standard InChI is InChI=1S/C21H28N6O3.HI/c1-22-21(26-12-10-25(11-13-26)15-17-7-14-30-24-17)23-8-4-9-27-18-5-2-3-6-19(18)29-16-20(27)28;/h2-3,5-7,14H,4,8-13,15-16H2,1H3,(H,22,23);1H. The molecule has 3 heterocycles. The van der Waals surface area contributed by atoms with E-state index in [-0.39, 0.29) is 36.5 Å². The summed E-state index contributed by atoms with van der Waals surface area (Å²) in [6.45, 7) is 6.03. The summed E-state index contributed by atoms with van der Waals surface area (Å²) in [6.07, 6.45) is 2.44. The molecule has 31 heavy (non-hydrogen) atoms. The number of carbonyl (C=O) groups excluding carboxylic acids is 1. The maximum Gasteiger partial charge on any atom is 0.265 e. The normalized spacial score (nSPS) is 17.1. The van der Waals surface area contributed by atoms with Gasteiger partial charge in [0.25, 0.3) is 5.91 Å². The maximum atomic E-state index is 12.3. The summed E-state index contributed by atoms with van der Waals surface area (Å²) in [4.78, 5) is 23.1. The van der Waals surface area contributed by atoms with Gasteiger partial charge in [-0.15, -0.1) is 24.0 Å². The summed E-state index contributed by atoms with van der Waals surface area (Å²) in [5.41, 5.74) is 1.81. The molecular weight excluding hydrogens is 511 g/mol. The van der Waals surface area contributed by atoms with Crippen molar-refractivity contribution in [2.24, 2.45) is 4.99 Å². The number of amides is 1. The molecule has 1 saturated heterocycles. The fourth-order valence-corrected chi connectivity index (χ4v) is 3.83. The molecule has 0 radical (unpaired) electrons. The number of guanidine groups is 1. The third kappa shape index (κ3) is 5.88. The molecule has 1 aromatic carbocycles. The summed E-state index contributed by atoms with van der Waals surface area (Å²) in [6, 6.07) is 9.58. The molecule has 10 heteroatoms. The summed E-state index contributed by atoms with van der Waals surface area (Å²) in [5.74, 6) is 1.68. The largest absolute Gasteiger partial charge is 0.482 e. The molecule has 2 aliphatic rings. The Morgan fingerprint density at radius 2 is 2.00 bits per heavy atom. The summed E-state index contributed by atoms with van der Waals surface area (Å²) in [7, 11) is 1.81. The van der Waals surface area contributed by atoms with E-state index in [2.05, 4.69) is 25.3 Å². The molecule has 2 aromatic rings. The van der Waals surface area contributed by atoms with Crippen LogP contribution in [0.4, 0.5) is 5.69 Å². The molecule has 0 spiro atoms. The quantitative estimate of drug-likeness (QED) is 0.259. The van der Waals surface area contributed by atoms with E-state index in [1.807, 2.05) is 42.3 Å². The lowest BCUT2D eigenvalue weighted by atomic mass is 10.2. The van der Waals surface area contributed by atoms with Gasteiger partial charge in [-0.2, -0.15) is 0 Å². The third-order valence-corrected chi connectivity index (χ3v) is 5.41. The number of fused-ring (bicyclic) bond motifs is 1. The van der Waals surface area contributed by atoms with Gasteiger partial charge in [0.15, 0.2) is 12.6 Å². The number of piperazine rings is 1. The van der Waals surface area contributed by atoms with Crippen molar-refractivity contribution in [3.8, 4) is 5.75 Å². The average Bonchev–Trinajstić information content (AvgIpc) is 3.29. The molecule has 0 aliphatic carbocycles. The molecule has 1 fully saturated rings. The van der Waals surface area contributed by atoms with Crippen molar-refractivity contribution in [3.63, 3.8) is 0 Å². The van der Waals surface area contributed by atoms with E-state index in [4.69, 9.17) is 9.26 Å². The number of nitrogens with zero attached hydrogens (tertiary/aromatic N) is 5. The van der Waals surface area contributed by atoms with Crippen molar-refractivity contribution in [3.05, 3.63) is 42.3 Å². The molecule has 1 amide bonds. The Labute approximate surface area is 199 Å². The molecular formula is C21H29IN6O3. The zero-order chi connectivity index (χ0) is 20.8. The van der Waals surface area contributed by atoms with Crippen molar-refractivity contribution in [2.45, 2.75) is 13.0 Å². The zero-order valence-corrected chi connectivity index (χ0v) is 20.0. The van der Waals surface area contributed by atoms with Gasteiger partial charge in [-0.1, -0.05) is 17.3 Å². The van der Waals surface area contributed by atoms with Gasteiger partial charge in [0.05, 0.1) is 11.4 Å². The Hall–Kier alpha value is -2.34. The molecule has 0 unspecified atom stereocenters. The second-order valence-corrected chi connectivity index (χ2v) is 7.38. The lowest BCUT2D eigenvalue weighted by molar-refractivity contribution is -0.121. The van der Waals surface area contributed by atoms with Crippen molar-refractivity contribution in [1.82, 2.24) is 20.3 Å². The first-order valence-electron chi connectivity index (χ1n) is 10.3. The van der Waals surface area contributed by atoms with Crippen LogP contribution in [0.3, 0.4) is 0 Å². The number of nitrogens with one attached hydrogen (secondary N) is 1. The van der Waals surface area contributed by atoms with E-state index in [1.165, 1.54) is 0 Å². The summed E-state index contributed by atoms with van der Waals surface area (Å²) >= 11 is 0. The first kappa shape index (κ1) is 23.3. The number of benzene rings is 1. The van der Waals surface area contributed by atoms with Crippen LogP contribution in [0.5, 0.6) is 5.75 Å². The molecule has 168 valence electrons. The SMILES string of the molecule is CN=C(NCCCN1C(=O)COc2ccccc21)N1CCN(Cc2ccon2)CC1.I. The van der Waals surface area contributed by atoms with Gasteiger partial charge in [0.1, 0.15) is 12.0 Å². The van der Waals surface area contributed by atoms with Crippen LogP contribution in [0.15, 0.2) is 46.1 Å². The second-order valence-electron chi connectivity index (χ2n) is 7.38. The minimum Gasteiger partial charge on any atom is -0.482 e. The topological polar surface area (TPSA) is 86.4 Å². The molecule has 0 saturated carbocycles. The lowest BCUT2D eigenvalue weighted by Crippen LogP contribution is -2.52. The van der Waals surface area contributed by atoms with E-state index in [1.54, 1.807) is 6.26 Å². The predicted molar refractivity (Wildman–Crippen MR) is 129 cm³/mol. The Morgan fingerprint density at radius 3 is 2.74 bits per heavy atom. The van der Waals surface area contributed by atoms with Crippen LogP contribution in [0, 0.1) is 0 Å². The van der Waals surface area contributed by atoms with E-state index in [0.29, 0.717) is 6.54 Å². The molecule has 0 atom stereocenters. The lowest BCUT2D eigenvalue weighted by Gasteiger charge is -2.36. The zero-order valence-electron chi connectivity index (χ0n) is 17.7. The van der Waals surface area contributed by atoms with E-state index in [9.17, 15) is 4.79 Å². The van der Waals surface area contributed by atoms with Crippen molar-refractivity contribution in [2.75, 3.05) is 57.8 Å². The van der Waals surface area contributed by atoms with Gasteiger partial charge in [0, 0.05) is 58.9 Å². The summed E-state index contributed by atoms with van der Waals surface area (Å²) in [5, 5.41) is 7.43. The van der Waals surface area contributed by atoms with E-state index in [0.717, 1.165) is 68.8 Å². The van der Waals surface area contributed by atoms with Crippen LogP contribution in [0.1, 0.15) is 12.1 Å². The van der Waals surface area contributed by atoms with Crippen LogP contribution in [0.25, 0.3) is 0 Å². The van der Waals surface area contributed by atoms with Gasteiger partial charge in [-0.3, -0.25) is 14.7 Å². The summed E-state index contributed by atoms with van der Waals surface area (Å²) < 4.78 is 10.4. The number of hydrogen-bond donors (Lipinski definition) is 1. The van der Waals surface area contributed by atoms with Crippen molar-refractivity contribution < 1.29 is 14.1 Å². The monoisotopic (exact) mass is 540 g/mol. The predicted octanol–water partition coefficient (Wildman–Crippen LogP) is 1.80. The Kier molecular flexibility index (Phi) is 8.52. The van der Waals surface area contributed by atoms with Gasteiger partial charge < -0.3 is 24.4 Å². The average molecular weight is 540 g/mol. The fraction of sp³-hybridized carbons (Fsp3) is 0.476. The highest BCUT2D eigenvalue weighted by Crippen LogP contribution is 2.31. The number of aromatic nitrogens is 1. The van der Waals surface area contributed by atoms with Crippen molar-refractivity contribution in [1.29, 1.82) is 0 Å². The van der Waals surface area contributed by atoms with Crippen LogP contribution < -0.4 is 15.0 Å². The highest BCUT2D eigenvalue weighted by molar-refractivity contribution is 14.0. The molecule has 4 rings (SSSR count). The van der Waals surface area contributed by atoms with Crippen LogP contribution in [0.2, 0.25) is 0 Å². The fourth-order valence-electron chi connectivity index (χ4n) is 3.83. The van der Waals surface area contributed by atoms with E-state index < -0.39 is 0 Å². The smallest absolute Gasteiger partial charge is 0.265 e. The van der Waals surface area contributed by atoms with Crippen LogP contribution in [-0.4, -0.2) is 79.7 Å². The van der Waals surface area contributed by atoms with E-state index >= 15 is 0 Å². The molecule has 9 nitrogen and oxygen atoms in total. The number of aliphatic imine (C=N–C) groups is 1. The third-order valence-electron chi connectivity index (χ3n) is 5.41. The van der Waals surface area contributed by atoms with Gasteiger partial charge in [-0.05, 0) is 18.6 Å². The highest BCUT2D eigenvalue weighted by Gasteiger charge is 2.25. The minimum absolute atomic E-state index is 0. The van der Waals surface area contributed by atoms with Gasteiger partial charge >= 0.3 is 0 Å².